The number of nitrogens with one attached hydrogen (secondary N) is 1. The molecule has 0 fully saturated rings. The maximum Gasteiger partial charge on any atom is 0.324 e. The molecule has 0 saturated heterocycles. The summed E-state index contributed by atoms with van der Waals surface area (Å²) < 4.78 is 4.88. The number of hydrogen-bond donors (Lipinski definition) is 1. The Morgan fingerprint density at radius 1 is 1.47 bits per heavy atom. The largest absolute Gasteiger partial charge is 0.465 e. The van der Waals surface area contributed by atoms with E-state index in [4.69, 9.17) is 16.5 Å². The minimum atomic E-state index is -0.492. The molecule has 0 heterocycles. The minimum Gasteiger partial charge on any atom is -0.465 e. The SMILES string of the molecule is CCOC(=O)[C@@H](Cc1ccccc1)NCl. The molecule has 15 heavy (non-hydrogen) atoms. The summed E-state index contributed by atoms with van der Waals surface area (Å²) in [6, 6.07) is 9.17. The second kappa shape index (κ2) is 6.43. The molecule has 0 unspecified atom stereocenters. The lowest BCUT2D eigenvalue weighted by Gasteiger charge is -2.12. The summed E-state index contributed by atoms with van der Waals surface area (Å²) in [4.78, 5) is 13.8. The van der Waals surface area contributed by atoms with Gasteiger partial charge in [0.25, 0.3) is 0 Å². The van der Waals surface area contributed by atoms with Gasteiger partial charge in [-0.25, -0.2) is 4.84 Å². The third-order valence-electron chi connectivity index (χ3n) is 1.99. The molecule has 1 N–H and O–H groups in total. The van der Waals surface area contributed by atoms with Gasteiger partial charge in [0.05, 0.1) is 6.61 Å². The van der Waals surface area contributed by atoms with Crippen LogP contribution in [0.1, 0.15) is 12.5 Å². The van der Waals surface area contributed by atoms with Gasteiger partial charge in [0.1, 0.15) is 6.04 Å². The number of ether oxygens (including phenoxy) is 1. The first-order valence-electron chi connectivity index (χ1n) is 4.84. The van der Waals surface area contributed by atoms with Gasteiger partial charge in [-0.1, -0.05) is 30.3 Å². The first-order valence-corrected chi connectivity index (χ1v) is 5.22. The monoisotopic (exact) mass is 227 g/mol. The van der Waals surface area contributed by atoms with Crippen LogP contribution in [0.5, 0.6) is 0 Å². The fourth-order valence-electron chi connectivity index (χ4n) is 1.26. The maximum absolute atomic E-state index is 11.4. The van der Waals surface area contributed by atoms with Crippen molar-refractivity contribution in [3.8, 4) is 0 Å². The maximum atomic E-state index is 11.4. The average Bonchev–Trinajstić information content (AvgIpc) is 2.27. The van der Waals surface area contributed by atoms with E-state index in [9.17, 15) is 4.79 Å². The highest BCUT2D eigenvalue weighted by atomic mass is 35.5. The van der Waals surface area contributed by atoms with Crippen molar-refractivity contribution in [3.05, 3.63) is 35.9 Å². The van der Waals surface area contributed by atoms with E-state index in [-0.39, 0.29) is 5.97 Å². The third-order valence-corrected chi connectivity index (χ3v) is 2.25. The molecule has 0 radical (unpaired) electrons. The van der Waals surface area contributed by atoms with Crippen LogP contribution in [-0.4, -0.2) is 18.6 Å². The molecule has 1 rings (SSSR count). The second-order valence-corrected chi connectivity index (χ2v) is 3.32. The van der Waals surface area contributed by atoms with E-state index in [0.29, 0.717) is 13.0 Å². The zero-order valence-corrected chi connectivity index (χ0v) is 9.33. The van der Waals surface area contributed by atoms with Crippen LogP contribution in [0.3, 0.4) is 0 Å². The fourth-order valence-corrected chi connectivity index (χ4v) is 1.43. The molecule has 4 heteroatoms. The van der Waals surface area contributed by atoms with Crippen LogP contribution in [0, 0.1) is 0 Å². The van der Waals surface area contributed by atoms with Crippen LogP contribution in [-0.2, 0) is 16.0 Å². The standard InChI is InChI=1S/C11H14ClNO2/c1-2-15-11(14)10(13-12)8-9-6-4-3-5-7-9/h3-7,10,13H,2,8H2,1H3/t10-/m1/s1. The van der Waals surface area contributed by atoms with E-state index in [1.807, 2.05) is 30.3 Å². The molecule has 0 saturated carbocycles. The molecule has 3 nitrogen and oxygen atoms in total. The summed E-state index contributed by atoms with van der Waals surface area (Å²) in [6.07, 6.45) is 0.531. The Morgan fingerprint density at radius 3 is 2.67 bits per heavy atom. The number of halogens is 1. The van der Waals surface area contributed by atoms with Crippen molar-refractivity contribution in [1.82, 2.24) is 4.84 Å². The van der Waals surface area contributed by atoms with Crippen molar-refractivity contribution in [1.29, 1.82) is 0 Å². The highest BCUT2D eigenvalue weighted by molar-refractivity contribution is 6.14. The van der Waals surface area contributed by atoms with Gasteiger partial charge in [-0.3, -0.25) is 4.79 Å². The Kier molecular flexibility index (Phi) is 5.15. The second-order valence-electron chi connectivity index (χ2n) is 3.10. The van der Waals surface area contributed by atoms with Crippen molar-refractivity contribution in [2.75, 3.05) is 6.61 Å². The van der Waals surface area contributed by atoms with Crippen molar-refractivity contribution in [2.45, 2.75) is 19.4 Å². The first-order chi connectivity index (χ1) is 7.27. The van der Waals surface area contributed by atoms with Gasteiger partial charge >= 0.3 is 5.97 Å². The molecule has 82 valence electrons. The number of carbonyl (C=O) groups excluding carboxylic acids is 1. The van der Waals surface area contributed by atoms with Gasteiger partial charge in [-0.15, -0.1) is 0 Å². The van der Waals surface area contributed by atoms with Crippen LogP contribution in [0.4, 0.5) is 0 Å². The molecule has 0 aromatic heterocycles. The molecule has 0 bridgehead atoms. The molecular weight excluding hydrogens is 214 g/mol. The lowest BCUT2D eigenvalue weighted by Crippen LogP contribution is -2.34. The van der Waals surface area contributed by atoms with Crippen LogP contribution in [0.25, 0.3) is 0 Å². The lowest BCUT2D eigenvalue weighted by molar-refractivity contribution is -0.145. The van der Waals surface area contributed by atoms with Gasteiger partial charge in [0.15, 0.2) is 0 Å². The quantitative estimate of drug-likeness (QED) is 0.617. The summed E-state index contributed by atoms with van der Waals surface area (Å²) in [7, 11) is 0. The highest BCUT2D eigenvalue weighted by Crippen LogP contribution is 2.05. The van der Waals surface area contributed by atoms with Crippen LogP contribution >= 0.6 is 11.8 Å². The zero-order chi connectivity index (χ0) is 11.1. The number of esters is 1. The normalized spacial score (nSPS) is 12.1. The Bertz CT molecular complexity index is 303. The molecular formula is C11H14ClNO2. The minimum absolute atomic E-state index is 0.323. The Morgan fingerprint density at radius 2 is 2.13 bits per heavy atom. The Hall–Kier alpha value is -1.06. The molecule has 0 aliphatic rings. The summed E-state index contributed by atoms with van der Waals surface area (Å²) in [5, 5.41) is 0. The molecule has 0 amide bonds. The predicted octanol–water partition coefficient (Wildman–Crippen LogP) is 1.90. The summed E-state index contributed by atoms with van der Waals surface area (Å²) in [6.45, 7) is 2.13. The van der Waals surface area contributed by atoms with E-state index >= 15 is 0 Å². The number of rotatable bonds is 5. The van der Waals surface area contributed by atoms with E-state index in [2.05, 4.69) is 4.84 Å². The number of hydrogen-bond acceptors (Lipinski definition) is 3. The highest BCUT2D eigenvalue weighted by Gasteiger charge is 2.18. The Balaban J connectivity index is 2.58. The molecule has 0 aliphatic carbocycles. The zero-order valence-electron chi connectivity index (χ0n) is 8.57. The molecule has 1 atom stereocenters. The van der Waals surface area contributed by atoms with Gasteiger partial charge in [-0.2, -0.15) is 0 Å². The lowest BCUT2D eigenvalue weighted by atomic mass is 10.1. The van der Waals surface area contributed by atoms with Crippen LogP contribution in [0.15, 0.2) is 30.3 Å². The number of benzene rings is 1. The van der Waals surface area contributed by atoms with E-state index in [1.165, 1.54) is 0 Å². The average molecular weight is 228 g/mol. The van der Waals surface area contributed by atoms with E-state index in [0.717, 1.165) is 5.56 Å². The van der Waals surface area contributed by atoms with Gasteiger partial charge in [-0.05, 0) is 30.7 Å². The fraction of sp³-hybridized carbons (Fsp3) is 0.364. The third kappa shape index (κ3) is 3.90. The van der Waals surface area contributed by atoms with E-state index in [1.54, 1.807) is 6.92 Å². The van der Waals surface area contributed by atoms with Crippen molar-refractivity contribution in [2.24, 2.45) is 0 Å². The van der Waals surface area contributed by atoms with Gasteiger partial charge in [0.2, 0.25) is 0 Å². The number of carbonyl (C=O) groups is 1. The van der Waals surface area contributed by atoms with Gasteiger partial charge < -0.3 is 4.74 Å². The van der Waals surface area contributed by atoms with Crippen molar-refractivity contribution >= 4 is 17.7 Å². The predicted molar refractivity (Wildman–Crippen MR) is 59.6 cm³/mol. The molecule has 1 aromatic rings. The van der Waals surface area contributed by atoms with Crippen molar-refractivity contribution < 1.29 is 9.53 Å². The summed E-state index contributed by atoms with van der Waals surface area (Å²) >= 11 is 5.50. The molecule has 1 aromatic carbocycles. The first kappa shape index (κ1) is 12.0. The van der Waals surface area contributed by atoms with E-state index < -0.39 is 6.04 Å². The van der Waals surface area contributed by atoms with Crippen LogP contribution < -0.4 is 4.84 Å². The van der Waals surface area contributed by atoms with Crippen molar-refractivity contribution in [3.63, 3.8) is 0 Å². The Labute approximate surface area is 94.5 Å². The smallest absolute Gasteiger partial charge is 0.324 e. The van der Waals surface area contributed by atoms with Crippen LogP contribution in [0.2, 0.25) is 0 Å². The molecule has 0 aliphatic heterocycles. The van der Waals surface area contributed by atoms with Gasteiger partial charge in [0, 0.05) is 0 Å². The topological polar surface area (TPSA) is 38.3 Å². The summed E-state index contributed by atoms with van der Waals surface area (Å²) in [5.74, 6) is -0.323. The molecule has 0 spiro atoms. The summed E-state index contributed by atoms with van der Waals surface area (Å²) in [5.41, 5.74) is 1.05.